The molecule has 0 radical (unpaired) electrons. The average molecular weight is 305 g/mol. The second-order valence-electron chi connectivity index (χ2n) is 7.08. The van der Waals surface area contributed by atoms with Crippen molar-refractivity contribution in [2.45, 2.75) is 57.8 Å². The van der Waals surface area contributed by atoms with E-state index in [1.54, 1.807) is 6.07 Å². The van der Waals surface area contributed by atoms with Gasteiger partial charge in [-0.05, 0) is 58.1 Å². The molecule has 4 nitrogen and oxygen atoms in total. The van der Waals surface area contributed by atoms with E-state index in [1.165, 1.54) is 12.1 Å². The molecule has 1 aromatic carbocycles. The fourth-order valence-corrected chi connectivity index (χ4v) is 2.33. The number of nitrogens with one attached hydrogen (secondary N) is 1. The molecule has 1 amide bonds. The van der Waals surface area contributed by atoms with Crippen LogP contribution in [0.5, 0.6) is 0 Å². The number of hydrogen-bond donors (Lipinski definition) is 1. The Kier molecular flexibility index (Phi) is 3.57. The van der Waals surface area contributed by atoms with E-state index in [0.29, 0.717) is 5.46 Å². The number of benzene rings is 1. The van der Waals surface area contributed by atoms with Crippen molar-refractivity contribution in [2.75, 3.05) is 0 Å². The molecule has 0 spiro atoms. The van der Waals surface area contributed by atoms with E-state index >= 15 is 0 Å². The van der Waals surface area contributed by atoms with Gasteiger partial charge in [-0.25, -0.2) is 4.39 Å². The van der Waals surface area contributed by atoms with Gasteiger partial charge < -0.3 is 14.6 Å². The highest BCUT2D eigenvalue weighted by Crippen LogP contribution is 2.36. The monoisotopic (exact) mass is 305 g/mol. The summed E-state index contributed by atoms with van der Waals surface area (Å²) >= 11 is 0. The Bertz CT molecular complexity index is 597. The highest BCUT2D eigenvalue weighted by atomic mass is 19.1. The summed E-state index contributed by atoms with van der Waals surface area (Å²) in [7, 11) is -0.625. The number of hydrogen-bond acceptors (Lipinski definition) is 3. The summed E-state index contributed by atoms with van der Waals surface area (Å²) in [5.74, 6) is -0.911. The smallest absolute Gasteiger partial charge is 0.399 e. The minimum absolute atomic E-state index is 0.0622. The van der Waals surface area contributed by atoms with Gasteiger partial charge in [0.1, 0.15) is 5.82 Å². The highest BCUT2D eigenvalue weighted by molar-refractivity contribution is 6.62. The van der Waals surface area contributed by atoms with E-state index in [2.05, 4.69) is 5.32 Å². The van der Waals surface area contributed by atoms with Crippen LogP contribution in [-0.4, -0.2) is 30.3 Å². The number of carbonyl (C=O) groups is 1. The summed E-state index contributed by atoms with van der Waals surface area (Å²) < 4.78 is 26.0. The van der Waals surface area contributed by atoms with Crippen LogP contribution in [0.25, 0.3) is 0 Å². The first-order chi connectivity index (χ1) is 10.2. The highest BCUT2D eigenvalue weighted by Gasteiger charge is 2.51. The van der Waals surface area contributed by atoms with Crippen LogP contribution in [0.4, 0.5) is 4.39 Å². The normalized spacial score (nSPS) is 22.7. The minimum Gasteiger partial charge on any atom is -0.399 e. The van der Waals surface area contributed by atoms with E-state index in [1.807, 2.05) is 27.7 Å². The number of halogens is 1. The van der Waals surface area contributed by atoms with Gasteiger partial charge >= 0.3 is 7.12 Å². The zero-order valence-corrected chi connectivity index (χ0v) is 13.4. The molecule has 2 fully saturated rings. The van der Waals surface area contributed by atoms with Crippen molar-refractivity contribution >= 4 is 18.5 Å². The van der Waals surface area contributed by atoms with Gasteiger partial charge in [0.2, 0.25) is 0 Å². The second-order valence-corrected chi connectivity index (χ2v) is 7.08. The van der Waals surface area contributed by atoms with Crippen LogP contribution in [0.2, 0.25) is 0 Å². The molecule has 1 heterocycles. The Hall–Kier alpha value is -1.40. The van der Waals surface area contributed by atoms with Gasteiger partial charge in [0.15, 0.2) is 0 Å². The molecule has 2 aliphatic rings. The van der Waals surface area contributed by atoms with Crippen LogP contribution in [-0.2, 0) is 9.31 Å². The van der Waals surface area contributed by atoms with Crippen molar-refractivity contribution in [2.24, 2.45) is 0 Å². The quantitative estimate of drug-likeness (QED) is 0.869. The maximum atomic E-state index is 14.2. The van der Waals surface area contributed by atoms with Crippen LogP contribution in [0.1, 0.15) is 50.9 Å². The van der Waals surface area contributed by atoms with E-state index in [0.717, 1.165) is 12.8 Å². The van der Waals surface area contributed by atoms with Gasteiger partial charge in [-0.2, -0.15) is 0 Å². The molecule has 0 bridgehead atoms. The van der Waals surface area contributed by atoms with Crippen LogP contribution in [0, 0.1) is 5.82 Å². The number of rotatable bonds is 3. The van der Waals surface area contributed by atoms with Gasteiger partial charge in [-0.3, -0.25) is 4.79 Å². The molecule has 3 rings (SSSR count). The summed E-state index contributed by atoms with van der Waals surface area (Å²) in [6.45, 7) is 7.78. The first kappa shape index (κ1) is 15.5. The van der Waals surface area contributed by atoms with Gasteiger partial charge in [0.05, 0.1) is 16.8 Å². The molecule has 0 aromatic heterocycles. The predicted molar refractivity (Wildman–Crippen MR) is 82.6 cm³/mol. The predicted octanol–water partition coefficient (Wildman–Crippen LogP) is 2.02. The molecule has 6 heteroatoms. The van der Waals surface area contributed by atoms with Gasteiger partial charge in [-0.15, -0.1) is 0 Å². The summed E-state index contributed by atoms with van der Waals surface area (Å²) in [5, 5.41) is 2.78. The number of carbonyl (C=O) groups excluding carboxylic acids is 1. The molecular formula is C16H21BFNO3. The molecule has 1 aromatic rings. The van der Waals surface area contributed by atoms with E-state index in [4.69, 9.17) is 9.31 Å². The first-order valence-electron chi connectivity index (χ1n) is 7.65. The van der Waals surface area contributed by atoms with Crippen molar-refractivity contribution in [3.8, 4) is 0 Å². The Balaban J connectivity index is 1.79. The third-order valence-electron chi connectivity index (χ3n) is 4.68. The van der Waals surface area contributed by atoms with Crippen LogP contribution in [0.15, 0.2) is 18.2 Å². The molecule has 118 valence electrons. The van der Waals surface area contributed by atoms with Gasteiger partial charge in [0.25, 0.3) is 5.91 Å². The maximum Gasteiger partial charge on any atom is 0.494 e. The molecule has 1 N–H and O–H groups in total. The molecule has 22 heavy (non-hydrogen) atoms. The van der Waals surface area contributed by atoms with Gasteiger partial charge in [-0.1, -0.05) is 6.07 Å². The lowest BCUT2D eigenvalue weighted by Gasteiger charge is -2.32. The molecular weight excluding hydrogens is 284 g/mol. The van der Waals surface area contributed by atoms with E-state index < -0.39 is 24.1 Å². The second kappa shape index (κ2) is 5.06. The Labute approximate surface area is 130 Å². The third kappa shape index (κ3) is 2.77. The summed E-state index contributed by atoms with van der Waals surface area (Å²) in [4.78, 5) is 11.9. The fourth-order valence-electron chi connectivity index (χ4n) is 2.33. The number of amides is 1. The topological polar surface area (TPSA) is 47.6 Å². The molecule has 1 aliphatic heterocycles. The molecule has 0 unspecified atom stereocenters. The third-order valence-corrected chi connectivity index (χ3v) is 4.68. The zero-order chi connectivity index (χ0) is 16.1. The zero-order valence-electron chi connectivity index (χ0n) is 13.4. The minimum atomic E-state index is -0.625. The Morgan fingerprint density at radius 2 is 1.82 bits per heavy atom. The molecule has 1 aliphatic carbocycles. The first-order valence-corrected chi connectivity index (χ1v) is 7.65. The van der Waals surface area contributed by atoms with Crippen molar-refractivity contribution in [1.82, 2.24) is 5.32 Å². The van der Waals surface area contributed by atoms with E-state index in [9.17, 15) is 9.18 Å². The molecule has 1 saturated carbocycles. The standard InChI is InChI=1S/C16H21BFNO3/c1-15(2)16(3,4)22-17(21-15)10-5-8-12(13(18)9-10)14(20)19-11-6-7-11/h5,8-9,11H,6-7H2,1-4H3,(H,19,20). The van der Waals surface area contributed by atoms with Crippen LogP contribution < -0.4 is 10.8 Å². The van der Waals surface area contributed by atoms with Crippen molar-refractivity contribution in [1.29, 1.82) is 0 Å². The van der Waals surface area contributed by atoms with Gasteiger partial charge in [0, 0.05) is 6.04 Å². The summed E-state index contributed by atoms with van der Waals surface area (Å²) in [5.41, 5.74) is -0.307. The van der Waals surface area contributed by atoms with E-state index in [-0.39, 0.29) is 17.5 Å². The summed E-state index contributed by atoms with van der Waals surface area (Å²) in [6.07, 6.45) is 1.94. The Morgan fingerprint density at radius 3 is 2.32 bits per heavy atom. The van der Waals surface area contributed by atoms with Crippen LogP contribution in [0.3, 0.4) is 0 Å². The maximum absolute atomic E-state index is 14.2. The largest absolute Gasteiger partial charge is 0.494 e. The van der Waals surface area contributed by atoms with Crippen molar-refractivity contribution in [3.63, 3.8) is 0 Å². The van der Waals surface area contributed by atoms with Crippen molar-refractivity contribution in [3.05, 3.63) is 29.6 Å². The SMILES string of the molecule is CC1(C)OB(c2ccc(C(=O)NC3CC3)c(F)c2)OC1(C)C. The Morgan fingerprint density at radius 1 is 1.23 bits per heavy atom. The van der Waals surface area contributed by atoms with Crippen LogP contribution >= 0.6 is 0 Å². The lowest BCUT2D eigenvalue weighted by Crippen LogP contribution is -2.41. The fraction of sp³-hybridized carbons (Fsp3) is 0.562. The molecule has 1 saturated heterocycles. The lowest BCUT2D eigenvalue weighted by atomic mass is 9.78. The molecule has 0 atom stereocenters. The van der Waals surface area contributed by atoms with Crippen molar-refractivity contribution < 1.29 is 18.5 Å². The lowest BCUT2D eigenvalue weighted by molar-refractivity contribution is 0.00578. The average Bonchev–Trinajstić information content (AvgIpc) is 3.16. The summed E-state index contributed by atoms with van der Waals surface area (Å²) in [6, 6.07) is 4.71.